The van der Waals surface area contributed by atoms with Crippen LogP contribution < -0.4 is 0 Å². The molecule has 1 aliphatic heterocycles. The first kappa shape index (κ1) is 16.6. The van der Waals surface area contributed by atoms with E-state index in [4.69, 9.17) is 0 Å². The maximum absolute atomic E-state index is 3.72. The van der Waals surface area contributed by atoms with E-state index >= 15 is 0 Å². The van der Waals surface area contributed by atoms with E-state index in [1.807, 2.05) is 12.7 Å². The van der Waals surface area contributed by atoms with Crippen LogP contribution in [0.3, 0.4) is 0 Å². The van der Waals surface area contributed by atoms with Crippen molar-refractivity contribution in [3.05, 3.63) is 0 Å². The van der Waals surface area contributed by atoms with Crippen LogP contribution in [0.1, 0.15) is 78.1 Å². The molecule has 1 saturated heterocycles. The van der Waals surface area contributed by atoms with Gasteiger partial charge in [-0.05, 0) is 0 Å². The van der Waals surface area contributed by atoms with Crippen molar-refractivity contribution in [2.24, 2.45) is 0 Å². The van der Waals surface area contributed by atoms with Gasteiger partial charge in [0.2, 0.25) is 0 Å². The summed E-state index contributed by atoms with van der Waals surface area (Å²) in [5.41, 5.74) is 0.789. The van der Waals surface area contributed by atoms with Crippen molar-refractivity contribution < 1.29 is 12.7 Å². The summed E-state index contributed by atoms with van der Waals surface area (Å²) in [6.45, 7) is 7.44. The minimum atomic E-state index is 0.394. The van der Waals surface area contributed by atoms with Crippen molar-refractivity contribution in [1.29, 1.82) is 0 Å². The number of hydrogen-bond donors (Lipinski definition) is 0. The zero-order valence-electron chi connectivity index (χ0n) is 13.6. The second-order valence-electron chi connectivity index (χ2n) is 7.71. The maximum atomic E-state index is 3.72. The molecule has 3 rings (SSSR count). The zero-order chi connectivity index (χ0) is 14.9. The van der Waals surface area contributed by atoms with E-state index in [-0.39, 0.29) is 0 Å². The normalized spacial score (nSPS) is 30.9. The van der Waals surface area contributed by atoms with Crippen LogP contribution in [0.5, 0.6) is 0 Å². The van der Waals surface area contributed by atoms with Crippen LogP contribution in [0, 0.1) is 0 Å². The van der Waals surface area contributed by atoms with Gasteiger partial charge in [0.1, 0.15) is 0 Å². The third-order valence-corrected chi connectivity index (χ3v) is 7.72. The van der Waals surface area contributed by atoms with Gasteiger partial charge in [-0.3, -0.25) is 0 Å². The molecule has 2 saturated carbocycles. The average Bonchev–Trinajstić information content (AvgIpc) is 2.94. The average molecular weight is 406 g/mol. The summed E-state index contributed by atoms with van der Waals surface area (Å²) < 4.78 is 1.49. The predicted octanol–water partition coefficient (Wildman–Crippen LogP) is 4.53. The summed E-state index contributed by atoms with van der Waals surface area (Å²) >= 11 is 5.64. The fraction of sp³-hybridized carbons (Fsp3) is 0.941. The van der Waals surface area contributed by atoms with Gasteiger partial charge in [-0.15, -0.1) is 0 Å². The Morgan fingerprint density at radius 3 is 1.48 bits per heavy atom. The molecule has 0 aromatic rings. The molecule has 126 valence electrons. The fourth-order valence-electron chi connectivity index (χ4n) is 4.69. The van der Waals surface area contributed by atoms with Crippen molar-refractivity contribution in [3.63, 3.8) is 0 Å². The summed E-state index contributed by atoms with van der Waals surface area (Å²) in [6.07, 6.45) is 14.0. The van der Waals surface area contributed by atoms with E-state index in [1.54, 1.807) is 0 Å². The van der Waals surface area contributed by atoms with Gasteiger partial charge >= 0.3 is 144 Å². The van der Waals surface area contributed by atoms with Gasteiger partial charge in [0, 0.05) is 0 Å². The quantitative estimate of drug-likeness (QED) is 0.623. The summed E-state index contributed by atoms with van der Waals surface area (Å²) in [4.78, 5) is 5.47. The van der Waals surface area contributed by atoms with Crippen LogP contribution in [-0.2, 0) is 12.7 Å². The van der Waals surface area contributed by atoms with Crippen molar-refractivity contribution in [1.82, 2.24) is 9.80 Å². The Morgan fingerprint density at radius 1 is 0.762 bits per heavy atom. The Labute approximate surface area is 143 Å². The standard InChI is InChI=1S/C17H30N2.BrH.Cu/c1-16(9-5-3-6-10-16)18-13-14-19(15-18)17(2)11-7-4-8-12-17;;/h3-14H2,1-2H3;1H;/q;;+1/p-1. The molecule has 2 nitrogen and oxygen atoms in total. The number of hydrogen-bond acceptors (Lipinski definition) is 2. The molecular formula is C17H30BrCuN2. The van der Waals surface area contributed by atoms with E-state index in [0.717, 1.165) is 0 Å². The van der Waals surface area contributed by atoms with Crippen molar-refractivity contribution in [2.75, 3.05) is 13.1 Å². The molecule has 1 heterocycles. The summed E-state index contributed by atoms with van der Waals surface area (Å²) in [5.74, 6) is 0. The Bertz CT molecular complexity index is 364. The first-order valence-electron chi connectivity index (χ1n) is 8.71. The van der Waals surface area contributed by atoms with Gasteiger partial charge in [0.15, 0.2) is 0 Å². The van der Waals surface area contributed by atoms with Gasteiger partial charge in [0.25, 0.3) is 0 Å². The molecule has 0 atom stereocenters. The Balaban J connectivity index is 1.80. The topological polar surface area (TPSA) is 6.48 Å². The Hall–Kier alpha value is 0.789. The molecule has 0 radical (unpaired) electrons. The summed E-state index contributed by atoms with van der Waals surface area (Å²) in [7, 11) is 0. The van der Waals surface area contributed by atoms with E-state index in [0.29, 0.717) is 11.1 Å². The number of nitrogens with zero attached hydrogens (tertiary/aromatic N) is 2. The van der Waals surface area contributed by atoms with Gasteiger partial charge < -0.3 is 0 Å². The molecular weight excluding hydrogens is 376 g/mol. The van der Waals surface area contributed by atoms with Crippen LogP contribution in [0.25, 0.3) is 0 Å². The molecule has 0 N–H and O–H groups in total. The molecule has 0 unspecified atom stereocenters. The van der Waals surface area contributed by atoms with Crippen molar-refractivity contribution in [2.45, 2.75) is 89.1 Å². The molecule has 0 aromatic heterocycles. The second kappa shape index (κ2) is 6.73. The summed E-state index contributed by atoms with van der Waals surface area (Å²) in [5, 5.41) is 0. The second-order valence-corrected chi connectivity index (χ2v) is 9.30. The van der Waals surface area contributed by atoms with Crippen LogP contribution >= 0.6 is 14.1 Å². The minimum absolute atomic E-state index is 0.394. The third kappa shape index (κ3) is 3.21. The SMILES string of the molecule is CC1(N2CCN(C3(C)CCCCC3)[C]2=[Cu][Br])CCCCC1. The van der Waals surface area contributed by atoms with Gasteiger partial charge in [0.05, 0.1) is 0 Å². The molecule has 3 fully saturated rings. The monoisotopic (exact) mass is 404 g/mol. The molecule has 0 bridgehead atoms. The summed E-state index contributed by atoms with van der Waals surface area (Å²) in [6, 6.07) is 0. The van der Waals surface area contributed by atoms with Crippen LogP contribution in [0.15, 0.2) is 0 Å². The molecule has 3 aliphatic rings. The number of halogens is 1. The molecule has 0 spiro atoms. The first-order chi connectivity index (χ1) is 10.1. The van der Waals surface area contributed by atoms with Crippen LogP contribution in [0.4, 0.5) is 0 Å². The van der Waals surface area contributed by atoms with E-state index in [2.05, 4.69) is 37.8 Å². The van der Waals surface area contributed by atoms with Gasteiger partial charge in [-0.1, -0.05) is 0 Å². The molecule has 21 heavy (non-hydrogen) atoms. The Kier molecular flexibility index (Phi) is 5.33. The Morgan fingerprint density at radius 2 is 1.14 bits per heavy atom. The molecule has 0 aromatic carbocycles. The first-order valence-corrected chi connectivity index (χ1v) is 11.5. The van der Waals surface area contributed by atoms with Crippen LogP contribution in [0.2, 0.25) is 0 Å². The molecule has 4 heteroatoms. The van der Waals surface area contributed by atoms with Gasteiger partial charge in [-0.2, -0.15) is 0 Å². The van der Waals surface area contributed by atoms with E-state index < -0.39 is 0 Å². The van der Waals surface area contributed by atoms with E-state index in [1.165, 1.54) is 82.0 Å². The number of rotatable bonds is 2. The molecule has 0 amide bonds. The van der Waals surface area contributed by atoms with Crippen molar-refractivity contribution in [3.8, 4) is 0 Å². The zero-order valence-corrected chi connectivity index (χ0v) is 16.1. The molecule has 2 aliphatic carbocycles. The van der Waals surface area contributed by atoms with Gasteiger partial charge in [-0.25, -0.2) is 0 Å². The van der Waals surface area contributed by atoms with Crippen LogP contribution in [-0.4, -0.2) is 38.6 Å². The predicted molar refractivity (Wildman–Crippen MR) is 90.3 cm³/mol. The third-order valence-electron chi connectivity index (χ3n) is 6.17. The van der Waals surface area contributed by atoms with Crippen molar-refractivity contribution >= 4 is 18.8 Å². The fourth-order valence-corrected chi connectivity index (χ4v) is 6.66. The van der Waals surface area contributed by atoms with E-state index in [9.17, 15) is 0 Å².